The van der Waals surface area contributed by atoms with Crippen molar-refractivity contribution in [2.75, 3.05) is 5.32 Å². The lowest BCUT2D eigenvalue weighted by Gasteiger charge is -2.19. The summed E-state index contributed by atoms with van der Waals surface area (Å²) in [6, 6.07) is 17.6. The highest BCUT2D eigenvalue weighted by Gasteiger charge is 2.14. The van der Waals surface area contributed by atoms with E-state index in [-0.39, 0.29) is 11.1 Å². The Morgan fingerprint density at radius 1 is 0.929 bits per heavy atom. The Kier molecular flexibility index (Phi) is 5.54. The van der Waals surface area contributed by atoms with E-state index in [0.717, 1.165) is 17.4 Å². The van der Waals surface area contributed by atoms with E-state index in [1.54, 1.807) is 0 Å². The van der Waals surface area contributed by atoms with Gasteiger partial charge in [0.25, 0.3) is 0 Å². The third-order valence-corrected chi connectivity index (χ3v) is 4.41. The molecule has 0 atom stereocenters. The van der Waals surface area contributed by atoms with Crippen molar-refractivity contribution in [3.05, 3.63) is 83.4 Å². The van der Waals surface area contributed by atoms with Crippen LogP contribution in [0.15, 0.2) is 60.7 Å². The first-order valence-corrected chi connectivity index (χ1v) is 9.02. The minimum atomic E-state index is -1.26. The Morgan fingerprint density at radius 3 is 2.32 bits per heavy atom. The number of phenols is 1. The summed E-state index contributed by atoms with van der Waals surface area (Å²) in [6.45, 7) is 6.79. The van der Waals surface area contributed by atoms with E-state index in [9.17, 15) is 13.9 Å². The second-order valence-corrected chi connectivity index (χ2v) is 7.63. The van der Waals surface area contributed by atoms with Gasteiger partial charge < -0.3 is 15.2 Å². The van der Waals surface area contributed by atoms with Gasteiger partial charge >= 0.3 is 0 Å². The molecule has 0 aliphatic rings. The van der Waals surface area contributed by atoms with E-state index in [4.69, 9.17) is 4.74 Å². The number of benzene rings is 3. The Hall–Kier alpha value is -3.08. The summed E-state index contributed by atoms with van der Waals surface area (Å²) >= 11 is 0. The van der Waals surface area contributed by atoms with Crippen LogP contribution >= 0.6 is 0 Å². The van der Waals surface area contributed by atoms with Gasteiger partial charge in [0.1, 0.15) is 11.5 Å². The van der Waals surface area contributed by atoms with E-state index < -0.39 is 17.4 Å². The van der Waals surface area contributed by atoms with Gasteiger partial charge in [0.05, 0.1) is 5.69 Å². The van der Waals surface area contributed by atoms with Gasteiger partial charge in [0, 0.05) is 6.54 Å². The molecular formula is C23H23F2NO2. The lowest BCUT2D eigenvalue weighted by Crippen LogP contribution is -2.10. The van der Waals surface area contributed by atoms with Gasteiger partial charge in [-0.25, -0.2) is 4.39 Å². The molecule has 0 aliphatic carbocycles. The van der Waals surface area contributed by atoms with Crippen LogP contribution in [0, 0.1) is 11.6 Å². The van der Waals surface area contributed by atoms with Gasteiger partial charge in [0.2, 0.25) is 5.82 Å². The minimum Gasteiger partial charge on any atom is -0.503 e. The summed E-state index contributed by atoms with van der Waals surface area (Å²) in [6.07, 6.45) is 0. The normalized spacial score (nSPS) is 11.3. The lowest BCUT2D eigenvalue weighted by molar-refractivity contribution is 0.409. The van der Waals surface area contributed by atoms with Crippen LogP contribution in [0.3, 0.4) is 0 Å². The summed E-state index contributed by atoms with van der Waals surface area (Å²) in [5.74, 6) is -1.68. The lowest BCUT2D eigenvalue weighted by atomic mass is 9.87. The number of phenolic OH excluding ortho intramolecular Hbond substituents is 1. The molecule has 0 aliphatic heterocycles. The third-order valence-electron chi connectivity index (χ3n) is 4.41. The summed E-state index contributed by atoms with van der Waals surface area (Å²) in [4.78, 5) is 0. The zero-order valence-corrected chi connectivity index (χ0v) is 16.1. The fourth-order valence-corrected chi connectivity index (χ4v) is 2.76. The van der Waals surface area contributed by atoms with Crippen LogP contribution in [-0.2, 0) is 12.0 Å². The maximum absolute atomic E-state index is 13.4. The van der Waals surface area contributed by atoms with Crippen molar-refractivity contribution in [1.29, 1.82) is 0 Å². The van der Waals surface area contributed by atoms with E-state index in [0.29, 0.717) is 12.3 Å². The molecular weight excluding hydrogens is 360 g/mol. The van der Waals surface area contributed by atoms with Crippen molar-refractivity contribution < 1.29 is 18.6 Å². The Morgan fingerprint density at radius 2 is 1.64 bits per heavy atom. The number of halogens is 2. The fraction of sp³-hybridized carbons (Fsp3) is 0.217. The molecule has 0 aromatic heterocycles. The predicted octanol–water partition coefficient (Wildman–Crippen LogP) is 6.37. The minimum absolute atomic E-state index is 0.0789. The number of aromatic hydroxyl groups is 1. The maximum atomic E-state index is 13.4. The van der Waals surface area contributed by atoms with Crippen LogP contribution in [-0.4, -0.2) is 5.11 Å². The molecule has 0 fully saturated rings. The third kappa shape index (κ3) is 4.60. The van der Waals surface area contributed by atoms with Crippen molar-refractivity contribution in [2.24, 2.45) is 0 Å². The largest absolute Gasteiger partial charge is 0.503 e. The molecule has 0 saturated heterocycles. The molecule has 3 aromatic rings. The zero-order chi connectivity index (χ0) is 20.3. The highest BCUT2D eigenvalue weighted by atomic mass is 19.2. The molecule has 28 heavy (non-hydrogen) atoms. The van der Waals surface area contributed by atoms with Crippen molar-refractivity contribution in [1.82, 2.24) is 0 Å². The van der Waals surface area contributed by atoms with Crippen LogP contribution in [0.25, 0.3) is 0 Å². The molecule has 0 unspecified atom stereocenters. The molecule has 146 valence electrons. The van der Waals surface area contributed by atoms with E-state index in [1.807, 2.05) is 48.5 Å². The zero-order valence-electron chi connectivity index (χ0n) is 16.1. The highest BCUT2D eigenvalue weighted by molar-refractivity contribution is 5.56. The Labute approximate surface area is 163 Å². The van der Waals surface area contributed by atoms with Crippen molar-refractivity contribution >= 4 is 5.69 Å². The molecule has 2 N–H and O–H groups in total. The maximum Gasteiger partial charge on any atom is 0.202 e. The van der Waals surface area contributed by atoms with Crippen LogP contribution in [0.4, 0.5) is 14.5 Å². The Balaban J connectivity index is 1.68. The first kappa shape index (κ1) is 19.7. The topological polar surface area (TPSA) is 41.5 Å². The highest BCUT2D eigenvalue weighted by Crippen LogP contribution is 2.30. The van der Waals surface area contributed by atoms with E-state index in [1.165, 1.54) is 11.6 Å². The molecule has 0 heterocycles. The van der Waals surface area contributed by atoms with Crippen LogP contribution in [0.5, 0.6) is 17.2 Å². The molecule has 3 nitrogen and oxygen atoms in total. The summed E-state index contributed by atoms with van der Waals surface area (Å²) in [7, 11) is 0. The van der Waals surface area contributed by atoms with Gasteiger partial charge in [-0.15, -0.1) is 0 Å². The molecule has 0 spiro atoms. The molecule has 0 bridgehead atoms. The molecule has 0 amide bonds. The predicted molar refractivity (Wildman–Crippen MR) is 107 cm³/mol. The van der Waals surface area contributed by atoms with Gasteiger partial charge in [-0.1, -0.05) is 45.0 Å². The number of hydrogen-bond acceptors (Lipinski definition) is 3. The number of hydrogen-bond donors (Lipinski definition) is 2. The van der Waals surface area contributed by atoms with Crippen LogP contribution in [0.2, 0.25) is 0 Å². The molecule has 0 saturated carbocycles. The van der Waals surface area contributed by atoms with Crippen LogP contribution in [0.1, 0.15) is 31.9 Å². The van der Waals surface area contributed by atoms with E-state index in [2.05, 4.69) is 26.1 Å². The number of rotatable bonds is 5. The molecule has 3 rings (SSSR count). The Bertz CT molecular complexity index is 963. The van der Waals surface area contributed by atoms with Crippen molar-refractivity contribution in [3.63, 3.8) is 0 Å². The summed E-state index contributed by atoms with van der Waals surface area (Å²) in [5.41, 5.74) is 2.30. The van der Waals surface area contributed by atoms with Crippen molar-refractivity contribution in [3.8, 4) is 17.2 Å². The molecule has 3 aromatic carbocycles. The van der Waals surface area contributed by atoms with Gasteiger partial charge in [-0.2, -0.15) is 4.39 Å². The van der Waals surface area contributed by atoms with Crippen LogP contribution < -0.4 is 10.1 Å². The second kappa shape index (κ2) is 7.89. The first-order valence-electron chi connectivity index (χ1n) is 9.02. The summed E-state index contributed by atoms with van der Waals surface area (Å²) < 4.78 is 32.4. The van der Waals surface area contributed by atoms with Gasteiger partial charge in [-0.3, -0.25) is 0 Å². The van der Waals surface area contributed by atoms with Gasteiger partial charge in [-0.05, 0) is 52.9 Å². The average Bonchev–Trinajstić information content (AvgIpc) is 2.66. The van der Waals surface area contributed by atoms with Gasteiger partial charge in [0.15, 0.2) is 11.6 Å². The average molecular weight is 383 g/mol. The fourth-order valence-electron chi connectivity index (χ4n) is 2.76. The SMILES string of the molecule is CC(C)(C)c1ccc(Oc2cccc(CNc3ccc(F)c(F)c3O)c2)cc1. The smallest absolute Gasteiger partial charge is 0.202 e. The monoisotopic (exact) mass is 383 g/mol. The molecule has 5 heteroatoms. The molecule has 0 radical (unpaired) electrons. The number of nitrogens with one attached hydrogen (secondary N) is 1. The summed E-state index contributed by atoms with van der Waals surface area (Å²) in [5, 5.41) is 12.6. The number of anilines is 1. The van der Waals surface area contributed by atoms with Crippen molar-refractivity contribution in [2.45, 2.75) is 32.7 Å². The number of ether oxygens (including phenoxy) is 1. The van der Waals surface area contributed by atoms with E-state index >= 15 is 0 Å². The second-order valence-electron chi connectivity index (χ2n) is 7.63. The first-order chi connectivity index (χ1) is 13.2. The standard InChI is InChI=1S/C23H23F2NO2/c1-23(2,3)16-7-9-17(10-8-16)28-18-6-4-5-15(13-18)14-26-20-12-11-19(24)21(25)22(20)27/h4-13,26-27H,14H2,1-3H3. The quantitative estimate of drug-likeness (QED) is 0.503.